The number of anilines is 1. The zero-order valence-corrected chi connectivity index (χ0v) is 12.9. The van der Waals surface area contributed by atoms with E-state index >= 15 is 0 Å². The number of aromatic nitrogens is 3. The minimum Gasteiger partial charge on any atom is -0.503 e. The Morgan fingerprint density at radius 3 is 2.80 bits per heavy atom. The Labute approximate surface area is 141 Å². The van der Waals surface area contributed by atoms with Gasteiger partial charge in [0.1, 0.15) is 12.1 Å². The second-order valence-corrected chi connectivity index (χ2v) is 5.44. The third-order valence-electron chi connectivity index (χ3n) is 3.87. The minimum atomic E-state index is -0.306. The lowest BCUT2D eigenvalue weighted by Gasteiger charge is -2.15. The van der Waals surface area contributed by atoms with Crippen molar-refractivity contribution in [1.29, 1.82) is 0 Å². The molecule has 0 amide bonds. The van der Waals surface area contributed by atoms with Crippen molar-refractivity contribution >= 4 is 17.2 Å². The molecule has 0 unspecified atom stereocenters. The number of allylic oxidation sites excluding steroid dienone is 1. The monoisotopic (exact) mass is 338 g/mol. The molecule has 0 bridgehead atoms. The Balaban J connectivity index is 1.76. The van der Waals surface area contributed by atoms with E-state index in [2.05, 4.69) is 15.1 Å². The van der Waals surface area contributed by atoms with Crippen molar-refractivity contribution in [2.75, 3.05) is 5.73 Å². The van der Waals surface area contributed by atoms with Crippen molar-refractivity contribution in [3.63, 3.8) is 0 Å². The summed E-state index contributed by atoms with van der Waals surface area (Å²) in [6.45, 7) is 0.269. The van der Waals surface area contributed by atoms with Crippen molar-refractivity contribution < 1.29 is 18.6 Å². The molecule has 1 aliphatic rings. The Kier molecular flexibility index (Phi) is 3.50. The van der Waals surface area contributed by atoms with Crippen LogP contribution in [-0.4, -0.2) is 30.5 Å². The molecule has 0 saturated heterocycles. The van der Waals surface area contributed by atoms with E-state index in [4.69, 9.17) is 10.3 Å². The lowest BCUT2D eigenvalue weighted by molar-refractivity contribution is -0.458. The molecule has 2 aromatic heterocycles. The fourth-order valence-electron chi connectivity index (χ4n) is 2.57. The van der Waals surface area contributed by atoms with E-state index in [-0.39, 0.29) is 23.9 Å². The first-order valence-corrected chi connectivity index (χ1v) is 7.45. The summed E-state index contributed by atoms with van der Waals surface area (Å²) in [7, 11) is 0. The highest BCUT2D eigenvalue weighted by molar-refractivity contribution is 6.11. The predicted octanol–water partition coefficient (Wildman–Crippen LogP) is 1.95. The predicted molar refractivity (Wildman–Crippen MR) is 87.1 cm³/mol. The van der Waals surface area contributed by atoms with Crippen LogP contribution in [0.4, 0.5) is 10.2 Å². The largest absolute Gasteiger partial charge is 0.503 e. The lowest BCUT2D eigenvalue weighted by atomic mass is 10.1. The molecule has 7 nitrogen and oxygen atoms in total. The summed E-state index contributed by atoms with van der Waals surface area (Å²) in [4.78, 5) is 8.17. The van der Waals surface area contributed by atoms with Crippen LogP contribution in [-0.2, 0) is 6.54 Å². The molecule has 0 atom stereocenters. The maximum Gasteiger partial charge on any atom is 0.258 e. The number of halogens is 1. The van der Waals surface area contributed by atoms with Gasteiger partial charge in [0.2, 0.25) is 11.5 Å². The molecular formula is C17H13FN5O2+. The van der Waals surface area contributed by atoms with E-state index in [1.807, 2.05) is 10.7 Å². The van der Waals surface area contributed by atoms with Crippen LogP contribution in [0, 0.1) is 5.82 Å². The zero-order chi connectivity index (χ0) is 17.4. The van der Waals surface area contributed by atoms with Crippen molar-refractivity contribution in [2.24, 2.45) is 0 Å². The van der Waals surface area contributed by atoms with E-state index in [1.165, 1.54) is 18.5 Å². The summed E-state index contributed by atoms with van der Waals surface area (Å²) in [5.74, 6) is -0.185. The van der Waals surface area contributed by atoms with Crippen LogP contribution in [0.15, 0.2) is 53.4 Å². The lowest BCUT2D eigenvalue weighted by Crippen LogP contribution is -2.30. The molecule has 0 fully saturated rings. The van der Waals surface area contributed by atoms with E-state index in [0.717, 1.165) is 5.70 Å². The number of nitrogen functional groups attached to an aromatic ring is 1. The normalized spacial score (nSPS) is 13.6. The van der Waals surface area contributed by atoms with Gasteiger partial charge in [-0.1, -0.05) is 17.3 Å². The molecule has 3 aromatic rings. The Morgan fingerprint density at radius 1 is 1.24 bits per heavy atom. The number of hydrogen-bond acceptors (Lipinski definition) is 6. The number of benzene rings is 1. The first-order chi connectivity index (χ1) is 12.1. The molecule has 124 valence electrons. The molecule has 0 spiro atoms. The second kappa shape index (κ2) is 5.82. The van der Waals surface area contributed by atoms with Gasteiger partial charge in [-0.3, -0.25) is 0 Å². The molecule has 0 radical (unpaired) electrons. The molecule has 1 aromatic carbocycles. The maximum absolute atomic E-state index is 14.1. The van der Waals surface area contributed by atoms with E-state index in [9.17, 15) is 9.50 Å². The molecule has 0 saturated carbocycles. The molecule has 3 heterocycles. The summed E-state index contributed by atoms with van der Waals surface area (Å²) >= 11 is 0. The van der Waals surface area contributed by atoms with Gasteiger partial charge < -0.3 is 15.4 Å². The Morgan fingerprint density at radius 2 is 2.08 bits per heavy atom. The zero-order valence-electron chi connectivity index (χ0n) is 12.9. The van der Waals surface area contributed by atoms with Gasteiger partial charge >= 0.3 is 0 Å². The topological polar surface area (TPSA) is 101 Å². The Bertz CT molecular complexity index is 1010. The summed E-state index contributed by atoms with van der Waals surface area (Å²) in [6.07, 6.45) is 4.50. The van der Waals surface area contributed by atoms with Crippen molar-refractivity contribution in [1.82, 2.24) is 15.1 Å². The SMILES string of the molecule is Nc1nc(C2=[N+](Cc3ccccc3F)C(c3ccon3)=C2)ncc1O. The van der Waals surface area contributed by atoms with E-state index in [0.29, 0.717) is 22.8 Å². The first kappa shape index (κ1) is 15.0. The second-order valence-electron chi connectivity index (χ2n) is 5.44. The van der Waals surface area contributed by atoms with Crippen molar-refractivity contribution in [3.8, 4) is 5.75 Å². The highest BCUT2D eigenvalue weighted by Gasteiger charge is 2.36. The quantitative estimate of drug-likeness (QED) is 0.705. The standard InChI is InChI=1S/C17H12FN5O2/c18-11-4-2-1-3-10(11)9-23-13(12-5-6-25-22-12)7-14(23)17-20-8-15(24)16(19)21-17/h1-8H,9H2,(H2,19,21,22)/p+1. The van der Waals surface area contributed by atoms with Gasteiger partial charge in [-0.2, -0.15) is 4.58 Å². The third kappa shape index (κ3) is 2.63. The smallest absolute Gasteiger partial charge is 0.258 e. The molecule has 0 aliphatic carbocycles. The van der Waals surface area contributed by atoms with Crippen LogP contribution in [0.3, 0.4) is 0 Å². The van der Waals surface area contributed by atoms with Crippen LogP contribution in [0.25, 0.3) is 5.70 Å². The van der Waals surface area contributed by atoms with Gasteiger partial charge in [0.15, 0.2) is 23.8 Å². The van der Waals surface area contributed by atoms with E-state index < -0.39 is 0 Å². The third-order valence-corrected chi connectivity index (χ3v) is 3.87. The average Bonchev–Trinajstić information content (AvgIpc) is 3.10. The molecule has 8 heteroatoms. The van der Waals surface area contributed by atoms with E-state index in [1.54, 1.807) is 24.3 Å². The Hall–Kier alpha value is -3.55. The van der Waals surface area contributed by atoms with Gasteiger partial charge in [-0.05, 0) is 12.1 Å². The number of aromatic hydroxyl groups is 1. The van der Waals surface area contributed by atoms with Crippen LogP contribution in [0.2, 0.25) is 0 Å². The summed E-state index contributed by atoms with van der Waals surface area (Å²) in [5.41, 5.74) is 8.18. The number of hydrogen-bond donors (Lipinski definition) is 2. The molecule has 25 heavy (non-hydrogen) atoms. The summed E-state index contributed by atoms with van der Waals surface area (Å²) in [5, 5.41) is 13.4. The van der Waals surface area contributed by atoms with Crippen LogP contribution >= 0.6 is 0 Å². The number of nitrogens with zero attached hydrogens (tertiary/aromatic N) is 4. The molecule has 1 aliphatic heterocycles. The van der Waals surface area contributed by atoms with Gasteiger partial charge in [-0.25, -0.2) is 14.4 Å². The van der Waals surface area contributed by atoms with Crippen molar-refractivity contribution in [2.45, 2.75) is 6.54 Å². The fourth-order valence-corrected chi connectivity index (χ4v) is 2.57. The minimum absolute atomic E-state index is 0.0216. The fraction of sp³-hybridized carbons (Fsp3) is 0.0588. The highest BCUT2D eigenvalue weighted by Crippen LogP contribution is 2.27. The van der Waals surface area contributed by atoms with Gasteiger partial charge in [0, 0.05) is 6.07 Å². The summed E-state index contributed by atoms with van der Waals surface area (Å²) in [6, 6.07) is 8.23. The van der Waals surface area contributed by atoms with Gasteiger partial charge in [0.05, 0.1) is 17.8 Å². The summed E-state index contributed by atoms with van der Waals surface area (Å²) < 4.78 is 20.8. The first-order valence-electron chi connectivity index (χ1n) is 7.45. The molecular weight excluding hydrogens is 325 g/mol. The van der Waals surface area contributed by atoms with Crippen LogP contribution < -0.4 is 5.73 Å². The number of nitrogens with two attached hydrogens (primary N) is 1. The van der Waals surface area contributed by atoms with Crippen molar-refractivity contribution in [3.05, 3.63) is 71.8 Å². The van der Waals surface area contributed by atoms with Gasteiger partial charge in [-0.15, -0.1) is 0 Å². The molecule has 4 rings (SSSR count). The number of rotatable bonds is 4. The maximum atomic E-state index is 14.1. The van der Waals surface area contributed by atoms with Gasteiger partial charge in [0.25, 0.3) is 5.71 Å². The average molecular weight is 338 g/mol. The van der Waals surface area contributed by atoms with Crippen LogP contribution in [0.5, 0.6) is 5.75 Å². The highest BCUT2D eigenvalue weighted by atomic mass is 19.1. The molecule has 3 N–H and O–H groups in total. The van der Waals surface area contributed by atoms with Crippen LogP contribution in [0.1, 0.15) is 17.1 Å².